The molecule has 0 spiro atoms. The number of amides is 1. The molecule has 0 atom stereocenters. The molecule has 4 nitrogen and oxygen atoms in total. The Morgan fingerprint density at radius 2 is 1.62 bits per heavy atom. The lowest BCUT2D eigenvalue weighted by Gasteiger charge is -2.32. The predicted octanol–water partition coefficient (Wildman–Crippen LogP) is 5.04. The number of rotatable bonds is 3. The fourth-order valence-corrected chi connectivity index (χ4v) is 3.58. The summed E-state index contributed by atoms with van der Waals surface area (Å²) in [7, 11) is -0.437. The molecule has 3 aromatic rings. The minimum absolute atomic E-state index is 0.179. The van der Waals surface area contributed by atoms with E-state index in [4.69, 9.17) is 20.9 Å². The Morgan fingerprint density at radius 1 is 0.931 bits per heavy atom. The third-order valence-corrected chi connectivity index (χ3v) is 5.99. The molecule has 1 amide bonds. The molecular weight excluding hydrogens is 385 g/mol. The second kappa shape index (κ2) is 7.17. The van der Waals surface area contributed by atoms with Gasteiger partial charge in [-0.15, -0.1) is 0 Å². The van der Waals surface area contributed by atoms with Gasteiger partial charge in [-0.3, -0.25) is 4.79 Å². The van der Waals surface area contributed by atoms with E-state index in [0.717, 1.165) is 16.2 Å². The molecule has 6 heteroatoms. The molecule has 4 rings (SSSR count). The Morgan fingerprint density at radius 3 is 2.31 bits per heavy atom. The van der Waals surface area contributed by atoms with Crippen LogP contribution in [0.1, 0.15) is 38.1 Å². The Kier molecular flexibility index (Phi) is 4.93. The fourth-order valence-electron chi connectivity index (χ4n) is 3.39. The second-order valence-corrected chi connectivity index (χ2v) is 8.78. The molecule has 0 aliphatic carbocycles. The summed E-state index contributed by atoms with van der Waals surface area (Å²) in [5.41, 5.74) is 1.40. The average Bonchev–Trinajstić information content (AvgIpc) is 2.88. The predicted molar refractivity (Wildman–Crippen MR) is 119 cm³/mol. The van der Waals surface area contributed by atoms with Crippen molar-refractivity contribution in [1.29, 1.82) is 0 Å². The summed E-state index contributed by atoms with van der Waals surface area (Å²) in [6.45, 7) is 8.14. The van der Waals surface area contributed by atoms with E-state index in [9.17, 15) is 4.79 Å². The molecule has 148 valence electrons. The summed E-state index contributed by atoms with van der Waals surface area (Å²) in [6.07, 6.45) is 0. The summed E-state index contributed by atoms with van der Waals surface area (Å²) in [4.78, 5) is 12.8. The summed E-state index contributed by atoms with van der Waals surface area (Å²) in [5.74, 6) is -0.179. The maximum absolute atomic E-state index is 12.8. The number of benzene rings is 3. The lowest BCUT2D eigenvalue weighted by Crippen LogP contribution is -2.41. The highest BCUT2D eigenvalue weighted by Crippen LogP contribution is 2.36. The molecule has 1 fully saturated rings. The van der Waals surface area contributed by atoms with Gasteiger partial charge in [-0.25, -0.2) is 0 Å². The van der Waals surface area contributed by atoms with Gasteiger partial charge in [0.05, 0.1) is 11.2 Å². The first kappa shape index (κ1) is 20.0. The number of halogens is 1. The van der Waals surface area contributed by atoms with Crippen molar-refractivity contribution < 1.29 is 14.1 Å². The van der Waals surface area contributed by atoms with Crippen molar-refractivity contribution in [3.8, 4) is 0 Å². The molecule has 1 N–H and O–H groups in total. The smallest absolute Gasteiger partial charge is 0.399 e. The van der Waals surface area contributed by atoms with E-state index in [0.29, 0.717) is 16.3 Å². The Balaban J connectivity index is 1.64. The number of carbonyl (C=O) groups excluding carboxylic acids is 1. The number of fused-ring (bicyclic) bond motifs is 1. The highest BCUT2D eigenvalue weighted by atomic mass is 35.5. The monoisotopic (exact) mass is 407 g/mol. The summed E-state index contributed by atoms with van der Waals surface area (Å²) in [5, 5.41) is 5.31. The summed E-state index contributed by atoms with van der Waals surface area (Å²) in [6, 6.07) is 18.7. The SMILES string of the molecule is CC1(C)OB(c2ccc3c(C(=O)Nc4cccc(Cl)c4)cccc3c2)OC1(C)C. The normalized spacial score (nSPS) is 17.5. The standard InChI is InChI=1S/C23H23BClNO3/c1-22(2)23(3,4)29-24(28-22)16-11-12-19-15(13-16)7-5-10-20(19)21(27)26-18-9-6-8-17(25)14-18/h5-14H,1-4H3,(H,26,27). The van der Waals surface area contributed by atoms with E-state index < -0.39 is 18.3 Å². The first-order chi connectivity index (χ1) is 13.7. The Bertz CT molecular complexity index is 1080. The molecule has 1 saturated heterocycles. The molecular formula is C23H23BClNO3. The van der Waals surface area contributed by atoms with Crippen LogP contribution < -0.4 is 10.8 Å². The molecule has 0 unspecified atom stereocenters. The van der Waals surface area contributed by atoms with Gasteiger partial charge < -0.3 is 14.6 Å². The molecule has 3 aromatic carbocycles. The van der Waals surface area contributed by atoms with Gasteiger partial charge >= 0.3 is 7.12 Å². The molecule has 0 saturated carbocycles. The van der Waals surface area contributed by atoms with Crippen LogP contribution in [0.5, 0.6) is 0 Å². The van der Waals surface area contributed by atoms with E-state index in [1.165, 1.54) is 0 Å². The molecule has 1 aliphatic rings. The van der Waals surface area contributed by atoms with Gasteiger partial charge in [0, 0.05) is 16.3 Å². The molecule has 0 radical (unpaired) electrons. The number of nitrogens with one attached hydrogen (secondary N) is 1. The van der Waals surface area contributed by atoms with Crippen LogP contribution in [0.3, 0.4) is 0 Å². The number of hydrogen-bond donors (Lipinski definition) is 1. The lowest BCUT2D eigenvalue weighted by atomic mass is 9.78. The fraction of sp³-hybridized carbons (Fsp3) is 0.261. The van der Waals surface area contributed by atoms with Crippen molar-refractivity contribution in [2.45, 2.75) is 38.9 Å². The largest absolute Gasteiger partial charge is 0.494 e. The van der Waals surface area contributed by atoms with E-state index in [1.54, 1.807) is 18.2 Å². The molecule has 0 bridgehead atoms. The van der Waals surface area contributed by atoms with E-state index in [2.05, 4.69) is 5.32 Å². The molecule has 0 aromatic heterocycles. The second-order valence-electron chi connectivity index (χ2n) is 8.34. The minimum Gasteiger partial charge on any atom is -0.399 e. The van der Waals surface area contributed by atoms with E-state index >= 15 is 0 Å². The third-order valence-electron chi connectivity index (χ3n) is 5.76. The van der Waals surface area contributed by atoms with Gasteiger partial charge in [-0.05, 0) is 68.2 Å². The third kappa shape index (κ3) is 3.78. The van der Waals surface area contributed by atoms with Gasteiger partial charge in [0.25, 0.3) is 5.91 Å². The van der Waals surface area contributed by atoms with Gasteiger partial charge in [0.15, 0.2) is 0 Å². The Labute approximate surface area is 176 Å². The first-order valence-electron chi connectivity index (χ1n) is 9.61. The zero-order valence-electron chi connectivity index (χ0n) is 17.0. The van der Waals surface area contributed by atoms with Gasteiger partial charge in [-0.1, -0.05) is 48.0 Å². The van der Waals surface area contributed by atoms with Gasteiger partial charge in [0.2, 0.25) is 0 Å². The van der Waals surface area contributed by atoms with Crippen LogP contribution in [-0.4, -0.2) is 24.2 Å². The molecule has 1 aliphatic heterocycles. The quantitative estimate of drug-likeness (QED) is 0.618. The average molecular weight is 408 g/mol. The summed E-state index contributed by atoms with van der Waals surface area (Å²) < 4.78 is 12.3. The van der Waals surface area contributed by atoms with Gasteiger partial charge in [-0.2, -0.15) is 0 Å². The topological polar surface area (TPSA) is 47.6 Å². The lowest BCUT2D eigenvalue weighted by molar-refractivity contribution is 0.00578. The van der Waals surface area contributed by atoms with Crippen LogP contribution >= 0.6 is 11.6 Å². The first-order valence-corrected chi connectivity index (χ1v) is 9.99. The highest BCUT2D eigenvalue weighted by molar-refractivity contribution is 6.62. The van der Waals surface area contributed by atoms with Crippen LogP contribution in [0.2, 0.25) is 5.02 Å². The van der Waals surface area contributed by atoms with Crippen LogP contribution in [-0.2, 0) is 9.31 Å². The molecule has 1 heterocycles. The number of hydrogen-bond acceptors (Lipinski definition) is 3. The molecule has 29 heavy (non-hydrogen) atoms. The zero-order chi connectivity index (χ0) is 20.8. The minimum atomic E-state index is -0.437. The highest BCUT2D eigenvalue weighted by Gasteiger charge is 2.51. The van der Waals surface area contributed by atoms with Crippen molar-refractivity contribution in [2.75, 3.05) is 5.32 Å². The van der Waals surface area contributed by atoms with Crippen LogP contribution in [0.25, 0.3) is 10.8 Å². The Hall–Kier alpha value is -2.34. The van der Waals surface area contributed by atoms with Crippen molar-refractivity contribution in [2.24, 2.45) is 0 Å². The van der Waals surface area contributed by atoms with E-state index in [1.807, 2.05) is 70.2 Å². The van der Waals surface area contributed by atoms with E-state index in [-0.39, 0.29) is 5.91 Å². The summed E-state index contributed by atoms with van der Waals surface area (Å²) >= 11 is 6.01. The van der Waals surface area contributed by atoms with Crippen molar-refractivity contribution in [3.63, 3.8) is 0 Å². The zero-order valence-corrected chi connectivity index (χ0v) is 17.7. The van der Waals surface area contributed by atoms with Crippen molar-refractivity contribution in [3.05, 3.63) is 71.2 Å². The van der Waals surface area contributed by atoms with Crippen molar-refractivity contribution in [1.82, 2.24) is 0 Å². The maximum Gasteiger partial charge on any atom is 0.494 e. The van der Waals surface area contributed by atoms with Crippen LogP contribution in [0.4, 0.5) is 5.69 Å². The van der Waals surface area contributed by atoms with Gasteiger partial charge in [0.1, 0.15) is 0 Å². The number of anilines is 1. The van der Waals surface area contributed by atoms with Crippen LogP contribution in [0, 0.1) is 0 Å². The maximum atomic E-state index is 12.8. The number of carbonyl (C=O) groups is 1. The van der Waals surface area contributed by atoms with Crippen molar-refractivity contribution >= 4 is 46.5 Å². The van der Waals surface area contributed by atoms with Crippen LogP contribution in [0.15, 0.2) is 60.7 Å².